The van der Waals surface area contributed by atoms with Gasteiger partial charge in [0.05, 0.1) is 33.5 Å². The number of thiophene rings is 2. The lowest BCUT2D eigenvalue weighted by molar-refractivity contribution is 0.0683. The van der Waals surface area contributed by atoms with E-state index in [1.165, 1.54) is 50.8 Å². The Hall–Kier alpha value is -6.12. The summed E-state index contributed by atoms with van der Waals surface area (Å²) in [6.45, 7) is 0.204. The minimum atomic E-state index is -1.36. The van der Waals surface area contributed by atoms with Gasteiger partial charge in [-0.1, -0.05) is 54.6 Å². The first kappa shape index (κ1) is 34.7. The number of hydrogen-bond acceptors (Lipinski definition) is 8. The second kappa shape index (κ2) is 14.8. The van der Waals surface area contributed by atoms with Crippen molar-refractivity contribution in [3.05, 3.63) is 162 Å². The summed E-state index contributed by atoms with van der Waals surface area (Å²) < 4.78 is 36.0. The van der Waals surface area contributed by atoms with Crippen LogP contribution in [0.3, 0.4) is 0 Å². The van der Waals surface area contributed by atoms with Crippen molar-refractivity contribution < 1.29 is 38.4 Å². The largest absolute Gasteiger partial charge is 0.502 e. The van der Waals surface area contributed by atoms with E-state index < -0.39 is 46.0 Å². The Bertz CT molecular complexity index is 2540. The van der Waals surface area contributed by atoms with Crippen LogP contribution in [0.5, 0.6) is 11.5 Å². The van der Waals surface area contributed by atoms with Crippen molar-refractivity contribution in [2.24, 2.45) is 0 Å². The fourth-order valence-electron chi connectivity index (χ4n) is 5.50. The SMILES string of the molecule is O=C(O)c1c(O)c(=O)n(Cc2cccc(F)c2)c2ccsc12.O=C(O)c1c(OCc2ccccc2)c(=O)n(Cc2cccc(F)c2)c2ccsc12. The Kier molecular flexibility index (Phi) is 10.1. The molecule has 3 aromatic carbocycles. The number of pyridine rings is 2. The number of benzene rings is 3. The zero-order valence-corrected chi connectivity index (χ0v) is 27.9. The van der Waals surface area contributed by atoms with Gasteiger partial charge >= 0.3 is 11.9 Å². The van der Waals surface area contributed by atoms with Crippen LogP contribution >= 0.6 is 22.7 Å². The number of halogens is 2. The number of carbonyl (C=O) groups is 2. The fraction of sp³-hybridized carbons (Fsp3) is 0.0811. The van der Waals surface area contributed by atoms with Gasteiger partial charge in [-0.3, -0.25) is 18.7 Å². The number of fused-ring (bicyclic) bond motifs is 2. The third-order valence-electron chi connectivity index (χ3n) is 7.79. The Morgan fingerprint density at radius 1 is 0.647 bits per heavy atom. The first-order valence-electron chi connectivity index (χ1n) is 15.1. The van der Waals surface area contributed by atoms with Gasteiger partial charge in [0.2, 0.25) is 5.75 Å². The van der Waals surface area contributed by atoms with Gasteiger partial charge < -0.3 is 20.1 Å². The number of hydrogen-bond donors (Lipinski definition) is 3. The molecule has 0 saturated carbocycles. The summed E-state index contributed by atoms with van der Waals surface area (Å²) in [4.78, 5) is 48.6. The van der Waals surface area contributed by atoms with Gasteiger partial charge in [0, 0.05) is 0 Å². The molecular formula is C37H26F2N2O8S2. The molecule has 3 N–H and O–H groups in total. The number of rotatable bonds is 9. The lowest BCUT2D eigenvalue weighted by Crippen LogP contribution is -2.25. The molecule has 0 bridgehead atoms. The molecule has 0 saturated heterocycles. The predicted octanol–water partition coefficient (Wildman–Crippen LogP) is 7.18. The van der Waals surface area contributed by atoms with Crippen molar-refractivity contribution >= 4 is 55.0 Å². The van der Waals surface area contributed by atoms with Gasteiger partial charge in [0.15, 0.2) is 5.75 Å². The van der Waals surface area contributed by atoms with Crippen molar-refractivity contribution in [3.63, 3.8) is 0 Å². The molecule has 0 unspecified atom stereocenters. The Morgan fingerprint density at radius 3 is 1.65 bits per heavy atom. The molecule has 0 aliphatic heterocycles. The number of aromatic nitrogens is 2. The molecule has 14 heteroatoms. The fourth-order valence-corrected chi connectivity index (χ4v) is 7.37. The van der Waals surface area contributed by atoms with Crippen LogP contribution in [0.15, 0.2) is 111 Å². The van der Waals surface area contributed by atoms with E-state index in [2.05, 4.69) is 0 Å². The highest BCUT2D eigenvalue weighted by Gasteiger charge is 2.25. The third-order valence-corrected chi connectivity index (χ3v) is 9.63. The van der Waals surface area contributed by atoms with Crippen molar-refractivity contribution in [3.8, 4) is 11.5 Å². The average molecular weight is 729 g/mol. The summed E-state index contributed by atoms with van der Waals surface area (Å²) in [6.07, 6.45) is 0. The van der Waals surface area contributed by atoms with Crippen LogP contribution in [0.25, 0.3) is 20.4 Å². The quantitative estimate of drug-likeness (QED) is 0.142. The number of ether oxygens (including phenoxy) is 1. The Balaban J connectivity index is 0.000000183. The van der Waals surface area contributed by atoms with E-state index in [4.69, 9.17) is 4.74 Å². The van der Waals surface area contributed by atoms with Crippen LogP contribution in [0, 0.1) is 11.6 Å². The minimum Gasteiger partial charge on any atom is -0.502 e. The molecule has 7 rings (SSSR count). The average Bonchev–Trinajstić information content (AvgIpc) is 3.78. The molecule has 0 amide bonds. The molecule has 51 heavy (non-hydrogen) atoms. The van der Waals surface area contributed by atoms with Crippen LogP contribution in [0.1, 0.15) is 37.4 Å². The summed E-state index contributed by atoms with van der Waals surface area (Å²) in [5.41, 5.74) is 0.904. The normalized spacial score (nSPS) is 10.9. The summed E-state index contributed by atoms with van der Waals surface area (Å²) in [6, 6.07) is 24.2. The zero-order valence-electron chi connectivity index (χ0n) is 26.3. The second-order valence-corrected chi connectivity index (χ2v) is 13.0. The van der Waals surface area contributed by atoms with Crippen LogP contribution < -0.4 is 15.9 Å². The van der Waals surface area contributed by atoms with E-state index in [-0.39, 0.29) is 31.0 Å². The van der Waals surface area contributed by atoms with Crippen molar-refractivity contribution in [1.29, 1.82) is 0 Å². The zero-order chi connectivity index (χ0) is 36.2. The van der Waals surface area contributed by atoms with E-state index >= 15 is 0 Å². The Morgan fingerprint density at radius 2 is 1.14 bits per heavy atom. The molecule has 0 aliphatic rings. The van der Waals surface area contributed by atoms with Gasteiger partial charge in [0.25, 0.3) is 11.1 Å². The van der Waals surface area contributed by atoms with E-state index in [1.807, 2.05) is 30.3 Å². The van der Waals surface area contributed by atoms with Gasteiger partial charge in [-0.2, -0.15) is 0 Å². The third kappa shape index (κ3) is 7.27. The maximum Gasteiger partial charge on any atom is 0.341 e. The summed E-state index contributed by atoms with van der Waals surface area (Å²) in [5.74, 6) is -4.44. The lowest BCUT2D eigenvalue weighted by Gasteiger charge is -2.15. The predicted molar refractivity (Wildman–Crippen MR) is 190 cm³/mol. The summed E-state index contributed by atoms with van der Waals surface area (Å²) >= 11 is 2.34. The summed E-state index contributed by atoms with van der Waals surface area (Å²) in [5, 5.41) is 32.2. The number of nitrogens with zero attached hydrogens (tertiary/aromatic N) is 2. The lowest BCUT2D eigenvalue weighted by atomic mass is 10.1. The molecular weight excluding hydrogens is 703 g/mol. The number of aromatic carboxylic acids is 2. The molecule has 0 atom stereocenters. The van der Waals surface area contributed by atoms with E-state index in [0.29, 0.717) is 31.6 Å². The maximum atomic E-state index is 13.6. The molecule has 0 radical (unpaired) electrons. The van der Waals surface area contributed by atoms with Crippen LogP contribution in [0.4, 0.5) is 8.78 Å². The number of carboxylic acid groups (broad SMARTS) is 2. The first-order valence-corrected chi connectivity index (χ1v) is 16.9. The molecule has 4 heterocycles. The molecule has 0 spiro atoms. The van der Waals surface area contributed by atoms with Crippen LogP contribution in [-0.4, -0.2) is 36.4 Å². The van der Waals surface area contributed by atoms with Crippen LogP contribution in [0.2, 0.25) is 0 Å². The maximum absolute atomic E-state index is 13.6. The monoisotopic (exact) mass is 728 g/mol. The van der Waals surface area contributed by atoms with Crippen molar-refractivity contribution in [1.82, 2.24) is 9.13 Å². The topological polar surface area (TPSA) is 148 Å². The van der Waals surface area contributed by atoms with Gasteiger partial charge in [-0.05, 0) is 63.8 Å². The molecule has 258 valence electrons. The highest BCUT2D eigenvalue weighted by atomic mass is 32.1. The molecule has 0 aliphatic carbocycles. The number of carboxylic acids is 2. The highest BCUT2D eigenvalue weighted by molar-refractivity contribution is 7.17. The van der Waals surface area contributed by atoms with Crippen molar-refractivity contribution in [2.45, 2.75) is 19.7 Å². The molecule has 0 fully saturated rings. The minimum absolute atomic E-state index is 0.0390. The van der Waals surface area contributed by atoms with Gasteiger partial charge in [-0.25, -0.2) is 18.4 Å². The smallest absolute Gasteiger partial charge is 0.341 e. The van der Waals surface area contributed by atoms with Gasteiger partial charge in [-0.15, -0.1) is 22.7 Å². The Labute approximate surface area is 294 Å². The van der Waals surface area contributed by atoms with E-state index in [1.54, 1.807) is 41.1 Å². The van der Waals surface area contributed by atoms with Crippen molar-refractivity contribution in [2.75, 3.05) is 0 Å². The first-order chi connectivity index (χ1) is 24.5. The molecule has 10 nitrogen and oxygen atoms in total. The molecule has 4 aromatic heterocycles. The standard InChI is InChI=1S/C22H16FNO4S.C15H10FNO4S/c23-16-8-4-7-15(11-16)12-24-17-9-10-29-20(17)18(22(26)27)19(21(24)25)28-13-14-5-2-1-3-6-14;16-9-3-1-2-8(6-9)7-17-10-4-5-22-13(10)11(15(20)21)12(18)14(17)19/h1-11H,12-13H2,(H,26,27);1-6,18H,7H2,(H,20,21). The van der Waals surface area contributed by atoms with Gasteiger partial charge in [0.1, 0.15) is 29.4 Å². The second-order valence-electron chi connectivity index (χ2n) is 11.1. The van der Waals surface area contributed by atoms with Crippen LogP contribution in [-0.2, 0) is 19.7 Å². The van der Waals surface area contributed by atoms with E-state index in [0.717, 1.165) is 16.9 Å². The summed E-state index contributed by atoms with van der Waals surface area (Å²) in [7, 11) is 0. The van der Waals surface area contributed by atoms with E-state index in [9.17, 15) is 43.3 Å². The molecule has 7 aromatic rings. The highest BCUT2D eigenvalue weighted by Crippen LogP contribution is 2.31. The number of aromatic hydroxyl groups is 1.